The summed E-state index contributed by atoms with van der Waals surface area (Å²) in [6, 6.07) is 0. The molecule has 2 atom stereocenters. The van der Waals surface area contributed by atoms with Crippen molar-refractivity contribution in [3.63, 3.8) is 0 Å². The predicted molar refractivity (Wildman–Crippen MR) is 41.1 cm³/mol. The fourth-order valence-corrected chi connectivity index (χ4v) is 0.797. The van der Waals surface area contributed by atoms with Gasteiger partial charge < -0.3 is 5.11 Å². The van der Waals surface area contributed by atoms with E-state index in [2.05, 4.69) is 0 Å². The monoisotopic (exact) mass is 180 g/mol. The second-order valence-corrected chi connectivity index (χ2v) is 2.97. The molecule has 0 aromatic carbocycles. The highest BCUT2D eigenvalue weighted by atomic mass is 19.4. The number of hydrogen-bond donors (Lipinski definition) is 1. The zero-order chi connectivity index (χ0) is 9.78. The Balaban J connectivity index is 3.51. The van der Waals surface area contributed by atoms with Gasteiger partial charge in [0.25, 0.3) is 0 Å². The van der Waals surface area contributed by atoms with Crippen LogP contribution in [0.2, 0.25) is 5.82 Å². The van der Waals surface area contributed by atoms with Crippen molar-refractivity contribution >= 4 is 7.85 Å². The Morgan fingerprint density at radius 2 is 1.83 bits per heavy atom. The van der Waals surface area contributed by atoms with Crippen molar-refractivity contribution in [2.75, 3.05) is 0 Å². The van der Waals surface area contributed by atoms with Crippen LogP contribution in [-0.4, -0.2) is 25.2 Å². The molecule has 0 aliphatic rings. The van der Waals surface area contributed by atoms with Gasteiger partial charge in [-0.1, -0.05) is 25.6 Å². The third-order valence-corrected chi connectivity index (χ3v) is 1.51. The minimum absolute atomic E-state index is 0.106. The smallest absolute Gasteiger partial charge is 0.384 e. The van der Waals surface area contributed by atoms with Crippen molar-refractivity contribution in [2.24, 2.45) is 0 Å². The summed E-state index contributed by atoms with van der Waals surface area (Å²) in [5.74, 6) is -0.106. The SMILES string of the molecule is [B]C(C)CCCC(O)C(F)(F)F. The second-order valence-electron chi connectivity index (χ2n) is 2.97. The van der Waals surface area contributed by atoms with Gasteiger partial charge in [0.05, 0.1) is 7.85 Å². The number of halogens is 3. The highest BCUT2D eigenvalue weighted by Crippen LogP contribution is 2.24. The minimum atomic E-state index is -4.49. The Bertz CT molecular complexity index is 124. The summed E-state index contributed by atoms with van der Waals surface area (Å²) in [7, 11) is 5.32. The van der Waals surface area contributed by atoms with E-state index in [-0.39, 0.29) is 12.2 Å². The topological polar surface area (TPSA) is 20.2 Å². The molecule has 0 fully saturated rings. The van der Waals surface area contributed by atoms with Gasteiger partial charge in [0.2, 0.25) is 0 Å². The number of aliphatic hydroxyl groups excluding tert-OH is 1. The van der Waals surface area contributed by atoms with Gasteiger partial charge in [0, 0.05) is 0 Å². The lowest BCUT2D eigenvalue weighted by Crippen LogP contribution is -2.28. The highest BCUT2D eigenvalue weighted by Gasteiger charge is 2.37. The van der Waals surface area contributed by atoms with Gasteiger partial charge in [-0.2, -0.15) is 13.2 Å². The second kappa shape index (κ2) is 4.75. The van der Waals surface area contributed by atoms with Crippen molar-refractivity contribution in [3.05, 3.63) is 0 Å². The molecule has 0 amide bonds. The number of rotatable bonds is 4. The van der Waals surface area contributed by atoms with Crippen molar-refractivity contribution in [3.8, 4) is 0 Å². The van der Waals surface area contributed by atoms with Gasteiger partial charge in [-0.15, -0.1) is 0 Å². The largest absolute Gasteiger partial charge is 0.414 e. The maximum absolute atomic E-state index is 11.7. The summed E-state index contributed by atoms with van der Waals surface area (Å²) < 4.78 is 35.1. The van der Waals surface area contributed by atoms with Gasteiger partial charge in [0.15, 0.2) is 0 Å². The van der Waals surface area contributed by atoms with Crippen LogP contribution < -0.4 is 0 Å². The fraction of sp³-hybridized carbons (Fsp3) is 1.00. The molecule has 1 nitrogen and oxygen atoms in total. The number of alkyl halides is 3. The van der Waals surface area contributed by atoms with Crippen LogP contribution in [0.15, 0.2) is 0 Å². The normalized spacial score (nSPS) is 17.4. The van der Waals surface area contributed by atoms with E-state index in [9.17, 15) is 13.2 Å². The lowest BCUT2D eigenvalue weighted by Gasteiger charge is -2.14. The van der Waals surface area contributed by atoms with E-state index < -0.39 is 12.3 Å². The first-order valence-corrected chi connectivity index (χ1v) is 3.84. The summed E-state index contributed by atoms with van der Waals surface area (Å²) in [5.41, 5.74) is 0. The van der Waals surface area contributed by atoms with E-state index in [0.29, 0.717) is 12.8 Å². The molecule has 0 bridgehead atoms. The molecule has 0 saturated carbocycles. The van der Waals surface area contributed by atoms with Crippen LogP contribution >= 0.6 is 0 Å². The Labute approximate surface area is 71.4 Å². The summed E-state index contributed by atoms with van der Waals surface area (Å²) in [6.45, 7) is 1.72. The fourth-order valence-electron chi connectivity index (χ4n) is 0.797. The minimum Gasteiger partial charge on any atom is -0.384 e. The molecule has 2 radical (unpaired) electrons. The molecule has 0 saturated heterocycles. The molecule has 0 aliphatic carbocycles. The van der Waals surface area contributed by atoms with Crippen LogP contribution in [0.25, 0.3) is 0 Å². The van der Waals surface area contributed by atoms with Crippen molar-refractivity contribution in [2.45, 2.75) is 44.3 Å². The highest BCUT2D eigenvalue weighted by molar-refractivity contribution is 6.11. The van der Waals surface area contributed by atoms with Gasteiger partial charge >= 0.3 is 6.18 Å². The third-order valence-electron chi connectivity index (χ3n) is 1.51. The van der Waals surface area contributed by atoms with Gasteiger partial charge in [-0.3, -0.25) is 0 Å². The first kappa shape index (κ1) is 11.8. The molecule has 0 aromatic rings. The lowest BCUT2D eigenvalue weighted by atomic mass is 9.85. The molecular weight excluding hydrogens is 168 g/mol. The maximum atomic E-state index is 11.7. The molecule has 12 heavy (non-hydrogen) atoms. The zero-order valence-electron chi connectivity index (χ0n) is 6.93. The van der Waals surface area contributed by atoms with E-state index in [1.165, 1.54) is 0 Å². The maximum Gasteiger partial charge on any atom is 0.414 e. The van der Waals surface area contributed by atoms with Gasteiger partial charge in [0.1, 0.15) is 6.10 Å². The van der Waals surface area contributed by atoms with E-state index in [1.54, 1.807) is 6.92 Å². The van der Waals surface area contributed by atoms with Crippen molar-refractivity contribution in [1.82, 2.24) is 0 Å². The average Bonchev–Trinajstić information content (AvgIpc) is 1.84. The quantitative estimate of drug-likeness (QED) is 0.656. The predicted octanol–water partition coefficient (Wildman–Crippen LogP) is 2.06. The molecule has 0 aromatic heterocycles. The first-order valence-electron chi connectivity index (χ1n) is 3.84. The van der Waals surface area contributed by atoms with Crippen molar-refractivity contribution in [1.29, 1.82) is 0 Å². The summed E-state index contributed by atoms with van der Waals surface area (Å²) in [6.07, 6.45) is -6.13. The summed E-state index contributed by atoms with van der Waals surface area (Å²) in [4.78, 5) is 0. The molecular formula is C7H12BF3O. The Kier molecular flexibility index (Phi) is 4.67. The van der Waals surface area contributed by atoms with Gasteiger partial charge in [-0.05, 0) is 6.42 Å². The van der Waals surface area contributed by atoms with Crippen molar-refractivity contribution < 1.29 is 18.3 Å². The van der Waals surface area contributed by atoms with Crippen LogP contribution in [0.3, 0.4) is 0 Å². The molecule has 0 rings (SSSR count). The number of hydrogen-bond acceptors (Lipinski definition) is 1. The van der Waals surface area contributed by atoms with E-state index in [4.69, 9.17) is 13.0 Å². The molecule has 70 valence electrons. The number of aliphatic hydroxyl groups is 1. The van der Waals surface area contributed by atoms with Crippen LogP contribution in [0.1, 0.15) is 26.2 Å². The third kappa shape index (κ3) is 5.46. The lowest BCUT2D eigenvalue weighted by molar-refractivity contribution is -0.205. The molecule has 0 aliphatic heterocycles. The summed E-state index contributed by atoms with van der Waals surface area (Å²) in [5, 5.41) is 8.53. The zero-order valence-corrected chi connectivity index (χ0v) is 6.93. The Hall–Kier alpha value is -0.185. The average molecular weight is 180 g/mol. The molecule has 0 spiro atoms. The molecule has 5 heteroatoms. The van der Waals surface area contributed by atoms with Gasteiger partial charge in [-0.25, -0.2) is 0 Å². The van der Waals surface area contributed by atoms with Crippen LogP contribution in [0, 0.1) is 0 Å². The van der Waals surface area contributed by atoms with E-state index in [0.717, 1.165) is 0 Å². The molecule has 0 heterocycles. The molecule has 1 N–H and O–H groups in total. The van der Waals surface area contributed by atoms with Crippen LogP contribution in [-0.2, 0) is 0 Å². The Morgan fingerprint density at radius 1 is 1.33 bits per heavy atom. The van der Waals surface area contributed by atoms with Crippen LogP contribution in [0.5, 0.6) is 0 Å². The Morgan fingerprint density at radius 3 is 2.17 bits per heavy atom. The molecule has 2 unspecified atom stereocenters. The van der Waals surface area contributed by atoms with E-state index in [1.807, 2.05) is 0 Å². The summed E-state index contributed by atoms with van der Waals surface area (Å²) >= 11 is 0. The van der Waals surface area contributed by atoms with Crippen LogP contribution in [0.4, 0.5) is 13.2 Å². The van der Waals surface area contributed by atoms with E-state index >= 15 is 0 Å². The first-order chi connectivity index (χ1) is 5.34. The standard InChI is InChI=1S/C7H12BF3O/c1-5(8)3-2-4-6(12)7(9,10)11/h5-6,12H,2-4H2,1H3.